The minimum atomic E-state index is -0.708. The second-order valence-electron chi connectivity index (χ2n) is 10.8. The van der Waals surface area contributed by atoms with Gasteiger partial charge in [-0.25, -0.2) is 9.78 Å². The Hall–Kier alpha value is -3.56. The summed E-state index contributed by atoms with van der Waals surface area (Å²) >= 11 is 0. The van der Waals surface area contributed by atoms with Crippen molar-refractivity contribution < 1.29 is 19.4 Å². The number of hydrogen-bond acceptors (Lipinski definition) is 6. The van der Waals surface area contributed by atoms with E-state index in [4.69, 9.17) is 14.8 Å². The smallest absolute Gasteiger partial charge is 0.414 e. The van der Waals surface area contributed by atoms with Crippen molar-refractivity contribution in [3.05, 3.63) is 29.5 Å². The van der Waals surface area contributed by atoms with E-state index in [9.17, 15) is 14.7 Å². The molecule has 0 bridgehead atoms. The van der Waals surface area contributed by atoms with Crippen molar-refractivity contribution in [3.8, 4) is 0 Å². The number of imidazole rings is 1. The number of fused-ring (bicyclic) bond motifs is 3. The van der Waals surface area contributed by atoms with Crippen molar-refractivity contribution in [1.29, 1.82) is 0 Å². The molecule has 10 nitrogen and oxygen atoms in total. The average Bonchev–Trinajstić information content (AvgIpc) is 3.59. The molecule has 10 heteroatoms. The van der Waals surface area contributed by atoms with Gasteiger partial charge in [0.05, 0.1) is 35.4 Å². The van der Waals surface area contributed by atoms with Crippen LogP contribution in [0.4, 0.5) is 22.2 Å². The predicted octanol–water partition coefficient (Wildman–Crippen LogP) is 5.11. The minimum absolute atomic E-state index is 0.0404. The third-order valence-corrected chi connectivity index (χ3v) is 8.37. The molecule has 3 aromatic rings. The van der Waals surface area contributed by atoms with E-state index in [2.05, 4.69) is 16.0 Å². The summed E-state index contributed by atoms with van der Waals surface area (Å²) in [6, 6.07) is 6.33. The minimum Gasteiger partial charge on any atom is -0.481 e. The highest BCUT2D eigenvalue weighted by Gasteiger charge is 2.34. The molecule has 2 saturated carbocycles. The molecular weight excluding hydrogens is 472 g/mol. The van der Waals surface area contributed by atoms with Crippen molar-refractivity contribution in [2.45, 2.75) is 76.3 Å². The molecule has 3 heterocycles. The summed E-state index contributed by atoms with van der Waals surface area (Å²) in [5, 5.41) is 17.8. The lowest BCUT2D eigenvalue weighted by atomic mass is 9.86. The van der Waals surface area contributed by atoms with E-state index < -0.39 is 5.97 Å². The maximum absolute atomic E-state index is 12.6. The second kappa shape index (κ2) is 9.08. The summed E-state index contributed by atoms with van der Waals surface area (Å²) in [4.78, 5) is 31.1. The van der Waals surface area contributed by atoms with Gasteiger partial charge in [0, 0.05) is 36.7 Å². The Bertz CT molecular complexity index is 1360. The topological polar surface area (TPSA) is 115 Å². The number of aromatic nitrogens is 4. The van der Waals surface area contributed by atoms with Crippen LogP contribution in [0.2, 0.25) is 0 Å². The zero-order chi connectivity index (χ0) is 25.8. The summed E-state index contributed by atoms with van der Waals surface area (Å²) in [7, 11) is 3.35. The molecule has 3 aliphatic rings. The summed E-state index contributed by atoms with van der Waals surface area (Å²) in [6.45, 7) is 2.04. The largest absolute Gasteiger partial charge is 0.481 e. The predicted molar refractivity (Wildman–Crippen MR) is 139 cm³/mol. The highest BCUT2D eigenvalue weighted by molar-refractivity contribution is 5.96. The molecule has 2 fully saturated rings. The number of amides is 1. The first kappa shape index (κ1) is 23.8. The fourth-order valence-corrected chi connectivity index (χ4v) is 6.11. The fraction of sp³-hybridized carbons (Fsp3) is 0.556. The number of ether oxygens (including phenoxy) is 1. The monoisotopic (exact) mass is 506 g/mol. The molecule has 6 rings (SSSR count). The number of carbonyl (C=O) groups excluding carboxylic acids is 1. The van der Waals surface area contributed by atoms with Crippen LogP contribution in [0.25, 0.3) is 11.0 Å². The maximum Gasteiger partial charge on any atom is 0.414 e. The third kappa shape index (κ3) is 4.12. The number of aliphatic carboxylic acids is 1. The molecule has 0 unspecified atom stereocenters. The summed E-state index contributed by atoms with van der Waals surface area (Å²) < 4.78 is 9.21. The Labute approximate surface area is 215 Å². The van der Waals surface area contributed by atoms with Gasteiger partial charge < -0.3 is 19.7 Å². The third-order valence-electron chi connectivity index (χ3n) is 8.37. The zero-order valence-electron chi connectivity index (χ0n) is 21.6. The Balaban J connectivity index is 1.44. The van der Waals surface area contributed by atoms with Crippen molar-refractivity contribution in [3.63, 3.8) is 0 Å². The van der Waals surface area contributed by atoms with Gasteiger partial charge in [-0.3, -0.25) is 14.4 Å². The molecular formula is C27H34N6O4. The number of carboxylic acids is 1. The second-order valence-corrected chi connectivity index (χ2v) is 10.8. The van der Waals surface area contributed by atoms with Crippen LogP contribution in [-0.2, 0) is 23.0 Å². The molecule has 2 N–H and O–H groups in total. The number of carboxylic acid groups (broad SMARTS) is 1. The quantitative estimate of drug-likeness (QED) is 0.494. The van der Waals surface area contributed by atoms with Gasteiger partial charge in [0.15, 0.2) is 0 Å². The van der Waals surface area contributed by atoms with Crippen LogP contribution < -0.4 is 10.2 Å². The Morgan fingerprint density at radius 1 is 1.11 bits per heavy atom. The molecule has 2 aromatic heterocycles. The van der Waals surface area contributed by atoms with Crippen LogP contribution in [0, 0.1) is 5.92 Å². The van der Waals surface area contributed by atoms with Gasteiger partial charge >= 0.3 is 12.1 Å². The Morgan fingerprint density at radius 2 is 1.86 bits per heavy atom. The lowest BCUT2D eigenvalue weighted by Gasteiger charge is -2.34. The van der Waals surface area contributed by atoms with Crippen LogP contribution in [0.1, 0.15) is 75.1 Å². The maximum atomic E-state index is 12.6. The standard InChI is InChI=1S/C27H34N6O4/c1-15-4-11-19-21(32(15)27(36)37-3)12-13-22-24(19)29-26(28-23-14-20(16-5-6-16)30-31(23)2)33(22)18-9-7-17(8-10-18)25(34)35/h12-18H,4-11H2,1-3H3,(H,28,29)(H,34,35)/t15-,17-,18-/m0/s1. The van der Waals surface area contributed by atoms with E-state index in [1.54, 1.807) is 4.90 Å². The van der Waals surface area contributed by atoms with E-state index in [1.807, 2.05) is 30.8 Å². The first-order valence-corrected chi connectivity index (χ1v) is 13.3. The van der Waals surface area contributed by atoms with Gasteiger partial charge in [-0.05, 0) is 70.4 Å². The first-order chi connectivity index (χ1) is 17.9. The van der Waals surface area contributed by atoms with Gasteiger partial charge in [0.25, 0.3) is 0 Å². The summed E-state index contributed by atoms with van der Waals surface area (Å²) in [6.07, 6.45) is 6.50. The van der Waals surface area contributed by atoms with Crippen molar-refractivity contribution >= 4 is 40.5 Å². The van der Waals surface area contributed by atoms with Gasteiger partial charge in [-0.15, -0.1) is 0 Å². The van der Waals surface area contributed by atoms with Gasteiger partial charge in [0.1, 0.15) is 5.82 Å². The SMILES string of the molecule is COC(=O)N1c2ccc3c(nc(Nc4cc(C5CC5)nn4C)n3[C@H]3CC[C@H](C(=O)O)CC3)c2CC[C@@H]1C. The number of hydrogen-bond donors (Lipinski definition) is 2. The van der Waals surface area contributed by atoms with Crippen LogP contribution in [0.3, 0.4) is 0 Å². The highest BCUT2D eigenvalue weighted by atomic mass is 16.5. The van der Waals surface area contributed by atoms with E-state index >= 15 is 0 Å². The number of anilines is 3. The molecule has 2 aliphatic carbocycles. The molecule has 196 valence electrons. The van der Waals surface area contributed by atoms with Crippen LogP contribution >= 0.6 is 0 Å². The average molecular weight is 507 g/mol. The summed E-state index contributed by atoms with van der Waals surface area (Å²) in [5.41, 5.74) is 4.88. The van der Waals surface area contributed by atoms with Crippen molar-refractivity contribution in [2.24, 2.45) is 13.0 Å². The van der Waals surface area contributed by atoms with Gasteiger partial charge in [-0.1, -0.05) is 0 Å². The number of rotatable bonds is 5. The van der Waals surface area contributed by atoms with E-state index in [0.717, 1.165) is 65.4 Å². The lowest BCUT2D eigenvalue weighted by molar-refractivity contribution is -0.143. The van der Waals surface area contributed by atoms with Crippen LogP contribution in [0.5, 0.6) is 0 Å². The van der Waals surface area contributed by atoms with Crippen LogP contribution in [0.15, 0.2) is 18.2 Å². The molecule has 1 amide bonds. The Kier molecular flexibility index (Phi) is 5.84. The molecule has 1 aromatic carbocycles. The number of benzene rings is 1. The van der Waals surface area contributed by atoms with Crippen molar-refractivity contribution in [2.75, 3.05) is 17.3 Å². The summed E-state index contributed by atoms with van der Waals surface area (Å²) in [5.74, 6) is 1.17. The number of methoxy groups -OCH3 is 1. The normalized spacial score (nSPS) is 23.6. The molecule has 0 spiro atoms. The molecule has 0 radical (unpaired) electrons. The molecule has 37 heavy (non-hydrogen) atoms. The van der Waals surface area contributed by atoms with E-state index in [0.29, 0.717) is 18.8 Å². The van der Waals surface area contributed by atoms with Gasteiger partial charge in [-0.2, -0.15) is 5.10 Å². The fourth-order valence-electron chi connectivity index (χ4n) is 6.11. The number of aryl methyl sites for hydroxylation is 2. The molecule has 1 atom stereocenters. The first-order valence-electron chi connectivity index (χ1n) is 13.3. The highest BCUT2D eigenvalue weighted by Crippen LogP contribution is 2.43. The van der Waals surface area contributed by atoms with Crippen molar-refractivity contribution in [1.82, 2.24) is 19.3 Å². The number of nitrogens with one attached hydrogen (secondary N) is 1. The molecule has 1 aliphatic heterocycles. The van der Waals surface area contributed by atoms with Gasteiger partial charge in [0.2, 0.25) is 5.95 Å². The van der Waals surface area contributed by atoms with Crippen LogP contribution in [-0.4, -0.2) is 49.7 Å². The number of carbonyl (C=O) groups is 2. The Morgan fingerprint density at radius 3 is 2.54 bits per heavy atom. The molecule has 0 saturated heterocycles. The van der Waals surface area contributed by atoms with E-state index in [-0.39, 0.29) is 24.1 Å². The zero-order valence-corrected chi connectivity index (χ0v) is 21.6. The number of nitrogens with zero attached hydrogens (tertiary/aromatic N) is 5. The van der Waals surface area contributed by atoms with E-state index in [1.165, 1.54) is 20.0 Å². The lowest BCUT2D eigenvalue weighted by Crippen LogP contribution is -2.42.